The van der Waals surface area contributed by atoms with E-state index < -0.39 is 20.1 Å². The SMILES string of the molecule is C[Si](C)(C)CC(O)C1CC(F)(F)C1. The number of hydrogen-bond donors (Lipinski definition) is 1. The second kappa shape index (κ2) is 3.31. The van der Waals surface area contributed by atoms with E-state index in [4.69, 9.17) is 0 Å². The van der Waals surface area contributed by atoms with E-state index in [0.29, 0.717) is 0 Å². The minimum Gasteiger partial charge on any atom is -0.393 e. The summed E-state index contributed by atoms with van der Waals surface area (Å²) in [4.78, 5) is 0. The summed E-state index contributed by atoms with van der Waals surface area (Å²) in [5.41, 5.74) is 0. The Morgan fingerprint density at radius 2 is 1.85 bits per heavy atom. The maximum atomic E-state index is 12.5. The van der Waals surface area contributed by atoms with Gasteiger partial charge in [-0.25, -0.2) is 8.78 Å². The summed E-state index contributed by atoms with van der Waals surface area (Å²) < 4.78 is 25.0. The average molecular weight is 208 g/mol. The molecule has 0 aliphatic heterocycles. The first-order valence-corrected chi connectivity index (χ1v) is 8.46. The normalized spacial score (nSPS) is 25.4. The van der Waals surface area contributed by atoms with Crippen LogP contribution in [0.5, 0.6) is 0 Å². The fourth-order valence-corrected chi connectivity index (χ4v) is 3.36. The summed E-state index contributed by atoms with van der Waals surface area (Å²) in [6, 6.07) is 0.744. The molecule has 1 N–H and O–H groups in total. The molecule has 78 valence electrons. The molecule has 0 spiro atoms. The molecule has 0 radical (unpaired) electrons. The van der Waals surface area contributed by atoms with Gasteiger partial charge in [-0.3, -0.25) is 0 Å². The fourth-order valence-electron chi connectivity index (χ4n) is 1.77. The van der Waals surface area contributed by atoms with Crippen LogP contribution in [0.4, 0.5) is 8.78 Å². The Morgan fingerprint density at radius 3 is 2.15 bits per heavy atom. The number of aliphatic hydroxyl groups is 1. The highest BCUT2D eigenvalue weighted by molar-refractivity contribution is 6.76. The van der Waals surface area contributed by atoms with Gasteiger partial charge in [-0.15, -0.1) is 0 Å². The first kappa shape index (κ1) is 11.1. The maximum absolute atomic E-state index is 12.5. The van der Waals surface area contributed by atoms with Gasteiger partial charge in [-0.1, -0.05) is 19.6 Å². The number of rotatable bonds is 3. The first-order chi connectivity index (χ1) is 5.70. The van der Waals surface area contributed by atoms with Gasteiger partial charge in [0.1, 0.15) is 0 Å². The quantitative estimate of drug-likeness (QED) is 0.707. The molecule has 0 amide bonds. The van der Waals surface area contributed by atoms with E-state index in [1.807, 2.05) is 0 Å². The molecule has 1 rings (SSSR count). The highest BCUT2D eigenvalue weighted by Gasteiger charge is 2.48. The van der Waals surface area contributed by atoms with Crippen molar-refractivity contribution in [1.82, 2.24) is 0 Å². The van der Waals surface area contributed by atoms with Gasteiger partial charge in [0.25, 0.3) is 0 Å². The van der Waals surface area contributed by atoms with Crippen LogP contribution in [0.3, 0.4) is 0 Å². The van der Waals surface area contributed by atoms with Crippen LogP contribution in [0.2, 0.25) is 25.7 Å². The van der Waals surface area contributed by atoms with Crippen LogP contribution in [0.15, 0.2) is 0 Å². The minimum absolute atomic E-state index is 0.112. The van der Waals surface area contributed by atoms with Crippen molar-refractivity contribution < 1.29 is 13.9 Å². The predicted octanol–water partition coefficient (Wildman–Crippen LogP) is 2.73. The number of aliphatic hydroxyl groups excluding tert-OH is 1. The molecular formula is C9H18F2OSi. The highest BCUT2D eigenvalue weighted by Crippen LogP contribution is 2.45. The molecule has 4 heteroatoms. The summed E-state index contributed by atoms with van der Waals surface area (Å²) in [6.07, 6.45) is -0.719. The molecular weight excluding hydrogens is 190 g/mol. The van der Waals surface area contributed by atoms with Crippen LogP contribution in [0.25, 0.3) is 0 Å². The zero-order valence-electron chi connectivity index (χ0n) is 8.48. The third-order valence-electron chi connectivity index (χ3n) is 2.49. The van der Waals surface area contributed by atoms with E-state index in [0.717, 1.165) is 6.04 Å². The highest BCUT2D eigenvalue weighted by atomic mass is 28.3. The van der Waals surface area contributed by atoms with E-state index in [2.05, 4.69) is 19.6 Å². The van der Waals surface area contributed by atoms with Crippen LogP contribution < -0.4 is 0 Å². The molecule has 1 nitrogen and oxygen atoms in total. The first-order valence-electron chi connectivity index (χ1n) is 4.75. The van der Waals surface area contributed by atoms with E-state index in [9.17, 15) is 13.9 Å². The average Bonchev–Trinajstić information content (AvgIpc) is 1.77. The van der Waals surface area contributed by atoms with Crippen molar-refractivity contribution >= 4 is 8.07 Å². The van der Waals surface area contributed by atoms with Gasteiger partial charge < -0.3 is 5.11 Å². The van der Waals surface area contributed by atoms with E-state index in [1.165, 1.54) is 0 Å². The van der Waals surface area contributed by atoms with E-state index in [1.54, 1.807) is 0 Å². The van der Waals surface area contributed by atoms with Crippen LogP contribution >= 0.6 is 0 Å². The second-order valence-electron chi connectivity index (χ2n) is 5.36. The molecule has 13 heavy (non-hydrogen) atoms. The molecule has 1 atom stereocenters. The predicted molar refractivity (Wildman–Crippen MR) is 51.8 cm³/mol. The molecule has 1 aliphatic rings. The largest absolute Gasteiger partial charge is 0.393 e. The van der Waals surface area contributed by atoms with Gasteiger partial charge in [-0.05, 0) is 12.0 Å². The molecule has 0 aromatic heterocycles. The standard InChI is InChI=1S/C9H18F2OSi/c1-13(2,3)6-8(12)7-4-9(10,11)5-7/h7-8,12H,4-6H2,1-3H3. The summed E-state index contributed by atoms with van der Waals surface area (Å²) in [6.45, 7) is 6.44. The number of hydrogen-bond acceptors (Lipinski definition) is 1. The monoisotopic (exact) mass is 208 g/mol. The Labute approximate surface area is 79.2 Å². The van der Waals surface area contributed by atoms with Crippen molar-refractivity contribution in [2.45, 2.75) is 50.6 Å². The maximum Gasteiger partial charge on any atom is 0.248 e. The van der Waals surface area contributed by atoms with Crippen molar-refractivity contribution in [2.75, 3.05) is 0 Å². The molecule has 0 heterocycles. The molecule has 0 saturated heterocycles. The molecule has 1 saturated carbocycles. The van der Waals surface area contributed by atoms with Crippen LogP contribution in [0.1, 0.15) is 12.8 Å². The third-order valence-corrected chi connectivity index (χ3v) is 4.13. The summed E-state index contributed by atoms with van der Waals surface area (Å²) >= 11 is 0. The Bertz CT molecular complexity index is 181. The lowest BCUT2D eigenvalue weighted by molar-refractivity contribution is -0.138. The van der Waals surface area contributed by atoms with Crippen molar-refractivity contribution in [3.8, 4) is 0 Å². The van der Waals surface area contributed by atoms with Crippen LogP contribution in [0, 0.1) is 5.92 Å². The van der Waals surface area contributed by atoms with Gasteiger partial charge in [-0.2, -0.15) is 0 Å². The van der Waals surface area contributed by atoms with Gasteiger partial charge >= 0.3 is 0 Å². The van der Waals surface area contributed by atoms with Crippen LogP contribution in [-0.2, 0) is 0 Å². The zero-order valence-corrected chi connectivity index (χ0v) is 9.48. The lowest BCUT2D eigenvalue weighted by Gasteiger charge is -2.39. The van der Waals surface area contributed by atoms with Crippen molar-refractivity contribution in [1.29, 1.82) is 0 Å². The van der Waals surface area contributed by atoms with Gasteiger partial charge in [0, 0.05) is 20.9 Å². The molecule has 1 fully saturated rings. The number of alkyl halides is 2. The lowest BCUT2D eigenvalue weighted by Crippen LogP contribution is -2.44. The summed E-state index contributed by atoms with van der Waals surface area (Å²) in [5.74, 6) is -2.65. The Morgan fingerprint density at radius 1 is 1.38 bits per heavy atom. The second-order valence-corrected chi connectivity index (χ2v) is 10.9. The van der Waals surface area contributed by atoms with Crippen molar-refractivity contribution in [2.24, 2.45) is 5.92 Å². The van der Waals surface area contributed by atoms with Gasteiger partial charge in [0.05, 0.1) is 6.10 Å². The molecule has 0 bridgehead atoms. The van der Waals surface area contributed by atoms with E-state index in [-0.39, 0.29) is 18.8 Å². The van der Waals surface area contributed by atoms with Crippen molar-refractivity contribution in [3.63, 3.8) is 0 Å². The van der Waals surface area contributed by atoms with Crippen LogP contribution in [-0.4, -0.2) is 25.2 Å². The van der Waals surface area contributed by atoms with E-state index >= 15 is 0 Å². The Kier molecular flexibility index (Phi) is 2.83. The summed E-state index contributed by atoms with van der Waals surface area (Å²) in [5, 5.41) is 9.64. The molecule has 0 aromatic rings. The Balaban J connectivity index is 2.31. The summed E-state index contributed by atoms with van der Waals surface area (Å²) in [7, 11) is -1.31. The lowest BCUT2D eigenvalue weighted by atomic mass is 9.78. The minimum atomic E-state index is -2.49. The van der Waals surface area contributed by atoms with Crippen molar-refractivity contribution in [3.05, 3.63) is 0 Å². The molecule has 1 unspecified atom stereocenters. The third kappa shape index (κ3) is 3.35. The molecule has 0 aromatic carbocycles. The van der Waals surface area contributed by atoms with Gasteiger partial charge in [0.15, 0.2) is 0 Å². The Hall–Kier alpha value is 0.0369. The fraction of sp³-hybridized carbons (Fsp3) is 1.00. The smallest absolute Gasteiger partial charge is 0.248 e. The topological polar surface area (TPSA) is 20.2 Å². The number of halogens is 2. The molecule has 1 aliphatic carbocycles. The zero-order chi connectivity index (χ0) is 10.3. The van der Waals surface area contributed by atoms with Gasteiger partial charge in [0.2, 0.25) is 5.92 Å².